The zero-order valence-electron chi connectivity index (χ0n) is 28.8. The third kappa shape index (κ3) is 8.04. The number of para-hydroxylation sites is 1. The summed E-state index contributed by atoms with van der Waals surface area (Å²) in [6, 6.07) is 46.9. The van der Waals surface area contributed by atoms with Gasteiger partial charge >= 0.3 is 0 Å². The van der Waals surface area contributed by atoms with Crippen molar-refractivity contribution in [1.29, 1.82) is 0 Å². The summed E-state index contributed by atoms with van der Waals surface area (Å²) in [5.74, 6) is -1.15. The Morgan fingerprint density at radius 1 is 0.698 bits per heavy atom. The van der Waals surface area contributed by atoms with E-state index in [1.807, 2.05) is 78.9 Å². The summed E-state index contributed by atoms with van der Waals surface area (Å²) in [5.41, 5.74) is 5.30. The minimum Gasteiger partial charge on any atom is -0.341 e. The number of carbonyl (C=O) groups is 3. The first-order valence-electron chi connectivity index (χ1n) is 17.2. The minimum absolute atomic E-state index is 0.0191. The molecule has 0 aliphatic heterocycles. The van der Waals surface area contributed by atoms with Gasteiger partial charge in [-0.15, -0.1) is 11.8 Å². The monoisotopic (exact) mass is 734 g/mol. The average molecular weight is 735 g/mol. The fourth-order valence-electron chi connectivity index (χ4n) is 6.25. The van der Waals surface area contributed by atoms with Crippen molar-refractivity contribution >= 4 is 80.3 Å². The number of rotatable bonds is 11. The van der Waals surface area contributed by atoms with Gasteiger partial charge in [0.15, 0.2) is 0 Å². The fourth-order valence-corrected chi connectivity index (χ4v) is 7.53. The number of amides is 3. The van der Waals surface area contributed by atoms with Crippen LogP contribution in [0.5, 0.6) is 0 Å². The molecule has 262 valence electrons. The van der Waals surface area contributed by atoms with Gasteiger partial charge in [-0.05, 0) is 84.8 Å². The summed E-state index contributed by atoms with van der Waals surface area (Å²) in [4.78, 5) is 41.7. The first kappa shape index (κ1) is 35.3. The molecular formula is C44H35ClN4O3S. The van der Waals surface area contributed by atoms with E-state index in [-0.39, 0.29) is 11.6 Å². The lowest BCUT2D eigenvalue weighted by molar-refractivity contribution is -0.116. The second-order valence-electron chi connectivity index (χ2n) is 12.3. The molecule has 9 heteroatoms. The summed E-state index contributed by atoms with van der Waals surface area (Å²) < 4.78 is 2.28. The van der Waals surface area contributed by atoms with Crippen LogP contribution in [0.2, 0.25) is 5.02 Å². The van der Waals surface area contributed by atoms with E-state index in [1.54, 1.807) is 60.7 Å². The lowest BCUT2D eigenvalue weighted by Crippen LogP contribution is -2.30. The van der Waals surface area contributed by atoms with Gasteiger partial charge in [-0.2, -0.15) is 0 Å². The van der Waals surface area contributed by atoms with E-state index in [0.29, 0.717) is 27.5 Å². The largest absolute Gasteiger partial charge is 0.341 e. The van der Waals surface area contributed by atoms with Gasteiger partial charge in [0.2, 0.25) is 5.91 Å². The van der Waals surface area contributed by atoms with Crippen molar-refractivity contribution in [3.63, 3.8) is 0 Å². The van der Waals surface area contributed by atoms with Gasteiger partial charge in [-0.3, -0.25) is 14.4 Å². The number of aromatic nitrogens is 1. The molecule has 1 atom stereocenters. The Labute approximate surface area is 316 Å². The van der Waals surface area contributed by atoms with Crippen LogP contribution in [0.3, 0.4) is 0 Å². The van der Waals surface area contributed by atoms with Gasteiger partial charge in [0.25, 0.3) is 11.8 Å². The maximum atomic E-state index is 14.1. The zero-order chi connectivity index (χ0) is 36.7. The molecule has 7 rings (SSSR count). The van der Waals surface area contributed by atoms with Gasteiger partial charge in [-0.25, -0.2) is 0 Å². The Balaban J connectivity index is 1.13. The van der Waals surface area contributed by atoms with Gasteiger partial charge in [-0.1, -0.05) is 103 Å². The van der Waals surface area contributed by atoms with Crippen LogP contribution in [0.15, 0.2) is 162 Å². The van der Waals surface area contributed by atoms with Crippen molar-refractivity contribution in [3.8, 4) is 0 Å². The highest BCUT2D eigenvalue weighted by molar-refractivity contribution is 8.00. The van der Waals surface area contributed by atoms with Crippen molar-refractivity contribution in [2.75, 3.05) is 10.6 Å². The third-order valence-electron chi connectivity index (χ3n) is 8.78. The number of carbonyl (C=O) groups excluding carboxylic acids is 3. The average Bonchev–Trinajstić information content (AvgIpc) is 3.51. The number of anilines is 2. The molecule has 0 saturated carbocycles. The molecule has 0 fully saturated rings. The zero-order valence-corrected chi connectivity index (χ0v) is 30.3. The van der Waals surface area contributed by atoms with Crippen molar-refractivity contribution in [3.05, 3.63) is 179 Å². The molecule has 53 heavy (non-hydrogen) atoms. The molecule has 0 bridgehead atoms. The number of aryl methyl sites for hydroxylation is 1. The molecule has 1 heterocycles. The highest BCUT2D eigenvalue weighted by Crippen LogP contribution is 2.38. The third-order valence-corrected chi connectivity index (χ3v) is 10.4. The number of halogens is 1. The predicted molar refractivity (Wildman–Crippen MR) is 217 cm³/mol. The van der Waals surface area contributed by atoms with Crippen molar-refractivity contribution in [1.82, 2.24) is 9.88 Å². The van der Waals surface area contributed by atoms with E-state index >= 15 is 0 Å². The van der Waals surface area contributed by atoms with E-state index in [9.17, 15) is 14.4 Å². The second kappa shape index (κ2) is 16.1. The first-order chi connectivity index (χ1) is 25.9. The predicted octanol–water partition coefficient (Wildman–Crippen LogP) is 10.3. The fraction of sp³-hybridized carbons (Fsp3) is 0.0682. The number of thioether (sulfide) groups is 1. The van der Waals surface area contributed by atoms with E-state index in [4.69, 9.17) is 11.6 Å². The Morgan fingerprint density at radius 3 is 2.15 bits per heavy atom. The van der Waals surface area contributed by atoms with Gasteiger partial charge in [0.05, 0.1) is 0 Å². The first-order valence-corrected chi connectivity index (χ1v) is 18.4. The number of hydrogen-bond acceptors (Lipinski definition) is 4. The summed E-state index contributed by atoms with van der Waals surface area (Å²) >= 11 is 7.79. The highest BCUT2D eigenvalue weighted by Gasteiger charge is 2.23. The molecule has 7 aromatic rings. The van der Waals surface area contributed by atoms with E-state index in [1.165, 1.54) is 11.8 Å². The normalized spacial score (nSPS) is 12.0. The maximum absolute atomic E-state index is 14.1. The molecular weight excluding hydrogens is 700 g/mol. The standard InChI is InChI=1S/C44H35ClN4O3S/c1-2-49-39-23-12-10-21-35(39)36-28-33(24-25-40(36)49)47-44(52)41(29-14-5-3-6-15-29)53-34-20-13-19-32(27-34)46-43(51)38(26-31-18-9-11-22-37(31)45)48-42(50)30-16-7-4-8-17-30/h3-28,41H,2H2,1H3,(H,46,51)(H,47,52)(H,48,50)/b38-26+. The lowest BCUT2D eigenvalue weighted by Gasteiger charge is -2.18. The summed E-state index contributed by atoms with van der Waals surface area (Å²) in [5, 5.41) is 10.9. The Hall–Kier alpha value is -6.09. The van der Waals surface area contributed by atoms with Crippen LogP contribution in [0.25, 0.3) is 27.9 Å². The van der Waals surface area contributed by atoms with Crippen molar-refractivity contribution in [2.24, 2.45) is 0 Å². The number of nitrogens with zero attached hydrogens (tertiary/aromatic N) is 1. The Kier molecular flexibility index (Phi) is 10.7. The molecule has 1 aromatic heterocycles. The molecule has 0 aliphatic rings. The van der Waals surface area contributed by atoms with E-state index in [0.717, 1.165) is 38.8 Å². The molecule has 0 aliphatic carbocycles. The molecule has 7 nitrogen and oxygen atoms in total. The van der Waals surface area contributed by atoms with Gasteiger partial charge in [0.1, 0.15) is 10.9 Å². The van der Waals surface area contributed by atoms with Crippen LogP contribution in [0, 0.1) is 0 Å². The maximum Gasteiger partial charge on any atom is 0.272 e. The topological polar surface area (TPSA) is 92.2 Å². The van der Waals surface area contributed by atoms with E-state index in [2.05, 4.69) is 45.6 Å². The highest BCUT2D eigenvalue weighted by atomic mass is 35.5. The Morgan fingerprint density at radius 2 is 1.38 bits per heavy atom. The van der Waals surface area contributed by atoms with Crippen LogP contribution in [-0.4, -0.2) is 22.3 Å². The van der Waals surface area contributed by atoms with Crippen LogP contribution in [0.1, 0.15) is 33.7 Å². The lowest BCUT2D eigenvalue weighted by atomic mass is 10.1. The molecule has 6 aromatic carbocycles. The number of hydrogen-bond donors (Lipinski definition) is 3. The summed E-state index contributed by atoms with van der Waals surface area (Å²) in [7, 11) is 0. The molecule has 0 radical (unpaired) electrons. The molecule has 3 amide bonds. The van der Waals surface area contributed by atoms with Crippen molar-refractivity contribution in [2.45, 2.75) is 23.6 Å². The van der Waals surface area contributed by atoms with Crippen LogP contribution < -0.4 is 16.0 Å². The van der Waals surface area contributed by atoms with Crippen LogP contribution in [-0.2, 0) is 16.1 Å². The van der Waals surface area contributed by atoms with Gasteiger partial charge in [0, 0.05) is 55.2 Å². The Bertz CT molecular complexity index is 2480. The smallest absolute Gasteiger partial charge is 0.272 e. The van der Waals surface area contributed by atoms with Crippen LogP contribution >= 0.6 is 23.4 Å². The minimum atomic E-state index is -0.601. The summed E-state index contributed by atoms with van der Waals surface area (Å²) in [6.07, 6.45) is 1.55. The molecule has 3 N–H and O–H groups in total. The SMILES string of the molecule is CCn1c2ccccc2c2cc(NC(=O)C(Sc3cccc(NC(=O)/C(=C\c4ccccc4Cl)NC(=O)c4ccccc4)c3)c3ccccc3)ccc21. The molecule has 1 unspecified atom stereocenters. The van der Waals surface area contributed by atoms with Crippen LogP contribution in [0.4, 0.5) is 11.4 Å². The number of nitrogens with one attached hydrogen (secondary N) is 3. The quantitative estimate of drug-likeness (QED) is 0.0911. The second-order valence-corrected chi connectivity index (χ2v) is 13.9. The summed E-state index contributed by atoms with van der Waals surface area (Å²) in [6.45, 7) is 2.97. The number of benzene rings is 6. The molecule has 0 saturated heterocycles. The van der Waals surface area contributed by atoms with E-state index < -0.39 is 17.1 Å². The molecule has 0 spiro atoms. The number of fused-ring (bicyclic) bond motifs is 3. The van der Waals surface area contributed by atoms with Gasteiger partial charge < -0.3 is 20.5 Å². The van der Waals surface area contributed by atoms with Crippen molar-refractivity contribution < 1.29 is 14.4 Å².